The third-order valence-corrected chi connectivity index (χ3v) is 2.76. The molecule has 102 valence electrons. The molecule has 6 heteroatoms. The Kier molecular flexibility index (Phi) is 6.52. The molecule has 3 nitrogen and oxygen atoms in total. The van der Waals surface area contributed by atoms with Gasteiger partial charge in [-0.1, -0.05) is 26.7 Å². The maximum atomic E-state index is 12.2. The molecule has 1 N–H and O–H groups in total. The van der Waals surface area contributed by atoms with Gasteiger partial charge in [0.2, 0.25) is 0 Å². The smallest absolute Gasteiger partial charge is 0.401 e. The van der Waals surface area contributed by atoms with Gasteiger partial charge in [0.15, 0.2) is 0 Å². The lowest BCUT2D eigenvalue weighted by Gasteiger charge is -2.31. The van der Waals surface area contributed by atoms with E-state index in [1.165, 1.54) is 7.11 Å². The molecule has 0 aromatic heterocycles. The summed E-state index contributed by atoms with van der Waals surface area (Å²) in [6, 6.07) is 0. The Morgan fingerprint density at radius 3 is 2.24 bits per heavy atom. The van der Waals surface area contributed by atoms with Gasteiger partial charge >= 0.3 is 12.1 Å². The number of carbonyl (C=O) groups is 1. The second-order valence-corrected chi connectivity index (χ2v) is 4.00. The van der Waals surface area contributed by atoms with E-state index in [0.717, 1.165) is 6.42 Å². The van der Waals surface area contributed by atoms with Crippen molar-refractivity contribution in [3.63, 3.8) is 0 Å². The van der Waals surface area contributed by atoms with E-state index in [-0.39, 0.29) is 6.42 Å². The number of alkyl halides is 3. The number of hydrogen-bond donors (Lipinski definition) is 1. The first-order valence-corrected chi connectivity index (χ1v) is 5.71. The van der Waals surface area contributed by atoms with Crippen LogP contribution in [0.5, 0.6) is 0 Å². The van der Waals surface area contributed by atoms with Crippen molar-refractivity contribution in [2.45, 2.75) is 51.2 Å². The van der Waals surface area contributed by atoms with Gasteiger partial charge < -0.3 is 4.74 Å². The summed E-state index contributed by atoms with van der Waals surface area (Å²) in [5, 5.41) is 2.31. The topological polar surface area (TPSA) is 38.3 Å². The molecule has 1 unspecified atom stereocenters. The molecule has 0 saturated heterocycles. The monoisotopic (exact) mass is 255 g/mol. The largest absolute Gasteiger partial charge is 0.468 e. The zero-order chi connectivity index (χ0) is 13.5. The summed E-state index contributed by atoms with van der Waals surface area (Å²) >= 11 is 0. The van der Waals surface area contributed by atoms with Crippen LogP contribution in [0.25, 0.3) is 0 Å². The van der Waals surface area contributed by atoms with Crippen molar-refractivity contribution in [2.24, 2.45) is 0 Å². The minimum Gasteiger partial charge on any atom is -0.468 e. The summed E-state index contributed by atoms with van der Waals surface area (Å²) in [6.45, 7) is 2.41. The Morgan fingerprint density at radius 2 is 1.88 bits per heavy atom. The molecular formula is C11H20F3NO2. The Hall–Kier alpha value is -0.780. The molecule has 0 aromatic rings. The van der Waals surface area contributed by atoms with E-state index in [9.17, 15) is 18.0 Å². The van der Waals surface area contributed by atoms with Crippen molar-refractivity contribution in [3.05, 3.63) is 0 Å². The lowest BCUT2D eigenvalue weighted by atomic mass is 9.89. The van der Waals surface area contributed by atoms with E-state index in [1.807, 2.05) is 6.92 Å². The minimum absolute atomic E-state index is 0.274. The Balaban J connectivity index is 4.73. The molecule has 0 fully saturated rings. The highest BCUT2D eigenvalue weighted by Gasteiger charge is 2.40. The van der Waals surface area contributed by atoms with Gasteiger partial charge in [-0.15, -0.1) is 0 Å². The number of halogens is 3. The fourth-order valence-corrected chi connectivity index (χ4v) is 1.65. The van der Waals surface area contributed by atoms with Gasteiger partial charge in [-0.05, 0) is 12.8 Å². The fraction of sp³-hybridized carbons (Fsp3) is 0.909. The summed E-state index contributed by atoms with van der Waals surface area (Å²) in [5.41, 5.74) is -1.22. The van der Waals surface area contributed by atoms with Crippen LogP contribution in [0, 0.1) is 0 Å². The number of nitrogens with one attached hydrogen (secondary N) is 1. The van der Waals surface area contributed by atoms with Crippen LogP contribution in [0.4, 0.5) is 13.2 Å². The molecule has 0 aromatic carbocycles. The first-order valence-electron chi connectivity index (χ1n) is 5.71. The molecule has 0 amide bonds. The Morgan fingerprint density at radius 1 is 1.29 bits per heavy atom. The SMILES string of the molecule is CCCCC(CC)(NCC(F)(F)F)C(=O)OC. The van der Waals surface area contributed by atoms with Gasteiger partial charge in [-0.25, -0.2) is 0 Å². The number of unbranched alkanes of at least 4 members (excludes halogenated alkanes) is 1. The lowest BCUT2D eigenvalue weighted by Crippen LogP contribution is -2.54. The van der Waals surface area contributed by atoms with Crippen LogP contribution in [0.15, 0.2) is 0 Å². The van der Waals surface area contributed by atoms with Gasteiger partial charge in [0.25, 0.3) is 0 Å². The highest BCUT2D eigenvalue weighted by Crippen LogP contribution is 2.23. The molecule has 0 aliphatic carbocycles. The first-order chi connectivity index (χ1) is 7.81. The van der Waals surface area contributed by atoms with Gasteiger partial charge in [0.1, 0.15) is 5.54 Å². The first kappa shape index (κ1) is 16.2. The molecule has 17 heavy (non-hydrogen) atoms. The predicted molar refractivity (Wildman–Crippen MR) is 58.6 cm³/mol. The van der Waals surface area contributed by atoms with E-state index in [4.69, 9.17) is 0 Å². The second-order valence-electron chi connectivity index (χ2n) is 4.00. The van der Waals surface area contributed by atoms with Crippen molar-refractivity contribution >= 4 is 5.97 Å². The van der Waals surface area contributed by atoms with Crippen LogP contribution in [-0.2, 0) is 9.53 Å². The average molecular weight is 255 g/mol. The summed E-state index contributed by atoms with van der Waals surface area (Å²) in [7, 11) is 1.19. The normalized spacial score (nSPS) is 15.4. The Labute approximate surface area is 99.7 Å². The standard InChI is InChI=1S/C11H20F3NO2/c1-4-6-7-10(5-2,9(16)17-3)15-8-11(12,13)14/h15H,4-8H2,1-3H3. The van der Waals surface area contributed by atoms with Crippen molar-refractivity contribution in [3.8, 4) is 0 Å². The lowest BCUT2D eigenvalue weighted by molar-refractivity contribution is -0.154. The molecule has 0 bridgehead atoms. The quantitative estimate of drug-likeness (QED) is 0.711. The van der Waals surface area contributed by atoms with Gasteiger partial charge in [0, 0.05) is 0 Å². The van der Waals surface area contributed by atoms with Crippen molar-refractivity contribution < 1.29 is 22.7 Å². The zero-order valence-electron chi connectivity index (χ0n) is 10.5. The van der Waals surface area contributed by atoms with Gasteiger partial charge in [-0.3, -0.25) is 10.1 Å². The Bertz CT molecular complexity index is 243. The summed E-state index contributed by atoms with van der Waals surface area (Å²) in [4.78, 5) is 11.6. The molecule has 0 radical (unpaired) electrons. The summed E-state index contributed by atoms with van der Waals surface area (Å²) < 4.78 is 41.2. The van der Waals surface area contributed by atoms with E-state index >= 15 is 0 Å². The predicted octanol–water partition coefficient (Wildman–Crippen LogP) is 2.65. The highest BCUT2D eigenvalue weighted by atomic mass is 19.4. The number of carbonyl (C=O) groups excluding carboxylic acids is 1. The second kappa shape index (κ2) is 6.83. The molecule has 0 spiro atoms. The van der Waals surface area contributed by atoms with Crippen LogP contribution < -0.4 is 5.32 Å². The molecule has 0 aliphatic heterocycles. The fourth-order valence-electron chi connectivity index (χ4n) is 1.65. The van der Waals surface area contributed by atoms with Crippen molar-refractivity contribution in [1.82, 2.24) is 5.32 Å². The van der Waals surface area contributed by atoms with Crippen LogP contribution >= 0.6 is 0 Å². The average Bonchev–Trinajstić information content (AvgIpc) is 2.28. The van der Waals surface area contributed by atoms with Crippen LogP contribution in [0.1, 0.15) is 39.5 Å². The molecule has 0 heterocycles. The number of hydrogen-bond acceptors (Lipinski definition) is 3. The molecule has 0 saturated carbocycles. The number of methoxy groups -OCH3 is 1. The summed E-state index contributed by atoms with van der Waals surface area (Å²) in [6.07, 6.45) is -2.22. The van der Waals surface area contributed by atoms with Gasteiger partial charge in [-0.2, -0.15) is 13.2 Å². The third-order valence-electron chi connectivity index (χ3n) is 2.76. The van der Waals surface area contributed by atoms with Gasteiger partial charge in [0.05, 0.1) is 13.7 Å². The molecule has 1 atom stereocenters. The van der Waals surface area contributed by atoms with E-state index in [1.54, 1.807) is 6.92 Å². The summed E-state index contributed by atoms with van der Waals surface area (Å²) in [5.74, 6) is -0.627. The molecule has 0 aliphatic rings. The van der Waals surface area contributed by atoms with E-state index in [2.05, 4.69) is 10.1 Å². The number of esters is 1. The minimum atomic E-state index is -4.33. The van der Waals surface area contributed by atoms with Crippen molar-refractivity contribution in [2.75, 3.05) is 13.7 Å². The molecule has 0 rings (SSSR count). The zero-order valence-corrected chi connectivity index (χ0v) is 10.5. The maximum absolute atomic E-state index is 12.2. The highest BCUT2D eigenvalue weighted by molar-refractivity contribution is 5.80. The number of rotatable bonds is 7. The molecular weight excluding hydrogens is 235 g/mol. The van der Waals surface area contributed by atoms with Crippen molar-refractivity contribution in [1.29, 1.82) is 0 Å². The number of ether oxygens (including phenoxy) is 1. The van der Waals surface area contributed by atoms with E-state index < -0.39 is 24.2 Å². The van der Waals surface area contributed by atoms with Crippen LogP contribution in [0.2, 0.25) is 0 Å². The van der Waals surface area contributed by atoms with E-state index in [0.29, 0.717) is 12.8 Å². The maximum Gasteiger partial charge on any atom is 0.401 e. The van der Waals surface area contributed by atoms with Crippen LogP contribution in [0.3, 0.4) is 0 Å². The third kappa shape index (κ3) is 5.39. The van der Waals surface area contributed by atoms with Crippen LogP contribution in [-0.4, -0.2) is 31.3 Å².